The number of nitrogens with zero attached hydrogens (tertiary/aromatic N) is 3. The molecule has 1 heterocycles. The maximum absolute atomic E-state index is 12.8. The van der Waals surface area contributed by atoms with Gasteiger partial charge in [-0.05, 0) is 112 Å². The molecular weight excluding hydrogens is 524 g/mol. The molecule has 208 valence electrons. The molecule has 8 rings (SSSR count). The molecule has 8 nitrogen and oxygen atoms in total. The summed E-state index contributed by atoms with van der Waals surface area (Å²) in [4.78, 5) is 29.9. The predicted octanol–water partition coefficient (Wildman–Crippen LogP) is 7.03. The number of ether oxygens (including phenoxy) is 1. The number of aryl methyl sites for hydroxylation is 1. The van der Waals surface area contributed by atoms with Gasteiger partial charge in [-0.15, -0.1) is 11.3 Å². The Morgan fingerprint density at radius 3 is 2.17 bits per heavy atom. The number of carbonyl (C=O) groups is 1. The number of hydrogen-bond donors (Lipinski definition) is 1. The fourth-order valence-electron chi connectivity index (χ4n) is 7.59. The van der Waals surface area contributed by atoms with Gasteiger partial charge >= 0.3 is 0 Å². The Labute approximate surface area is 237 Å². The van der Waals surface area contributed by atoms with E-state index in [9.17, 15) is 14.9 Å². The number of hydrogen-bond acceptors (Lipinski definition) is 6. The molecule has 4 bridgehead atoms. The Hall–Kier alpha value is -3.46. The average molecular weight is 559 g/mol. The van der Waals surface area contributed by atoms with Crippen molar-refractivity contribution in [1.29, 1.82) is 0 Å². The number of nitro benzene ring substituents is 1. The van der Waals surface area contributed by atoms with Crippen molar-refractivity contribution in [2.75, 3.05) is 5.32 Å². The van der Waals surface area contributed by atoms with Crippen molar-refractivity contribution in [3.63, 3.8) is 0 Å². The molecule has 1 amide bonds. The number of amides is 1. The van der Waals surface area contributed by atoms with Crippen molar-refractivity contribution in [1.82, 2.24) is 4.57 Å². The maximum Gasteiger partial charge on any atom is 0.269 e. The number of nitro groups is 1. The first-order valence-corrected chi connectivity index (χ1v) is 15.4. The van der Waals surface area contributed by atoms with Gasteiger partial charge in [0.05, 0.1) is 10.5 Å². The molecule has 5 aliphatic carbocycles. The second kappa shape index (κ2) is 10.2. The molecule has 0 unspecified atom stereocenters. The minimum Gasteiger partial charge on any atom is -0.457 e. The highest BCUT2D eigenvalue weighted by atomic mass is 32.1. The molecule has 40 heavy (non-hydrogen) atoms. The van der Waals surface area contributed by atoms with Crippen molar-refractivity contribution in [3.05, 3.63) is 74.5 Å². The number of benzene rings is 2. The molecule has 5 saturated carbocycles. The lowest BCUT2D eigenvalue weighted by Crippen LogP contribution is -2.50. The van der Waals surface area contributed by atoms with Crippen LogP contribution in [0.1, 0.15) is 69.5 Å². The van der Waals surface area contributed by atoms with Gasteiger partial charge in [-0.3, -0.25) is 19.9 Å². The Bertz CT molecular complexity index is 1450. The van der Waals surface area contributed by atoms with Crippen LogP contribution in [0.15, 0.2) is 58.9 Å². The largest absolute Gasteiger partial charge is 0.457 e. The monoisotopic (exact) mass is 558 g/mol. The lowest BCUT2D eigenvalue weighted by atomic mass is 9.53. The van der Waals surface area contributed by atoms with Gasteiger partial charge in [-0.1, -0.05) is 0 Å². The number of anilines is 1. The Morgan fingerprint density at radius 2 is 1.60 bits per heavy atom. The summed E-state index contributed by atoms with van der Waals surface area (Å²) in [6.07, 6.45) is 11.6. The zero-order valence-electron chi connectivity index (χ0n) is 22.5. The second-order valence-corrected chi connectivity index (χ2v) is 13.1. The standard InChI is InChI=1S/C31H34N4O4S/c36-29(32-23-1-8-27(9-2-23)39-28-10-5-25(6-11-28)35(37)38)12-7-26-19-40-30(34(26)24-3-4-24)33-31-16-20-13-21(17-31)15-22(14-20)18-31/h1-2,5-6,8-11,19-22,24H,3-4,7,12-18H2,(H,32,36). The minimum absolute atomic E-state index is 0.0165. The summed E-state index contributed by atoms with van der Waals surface area (Å²) in [6, 6.07) is 13.6. The van der Waals surface area contributed by atoms with Crippen LogP contribution < -0.4 is 14.9 Å². The van der Waals surface area contributed by atoms with Crippen molar-refractivity contribution in [2.24, 2.45) is 22.7 Å². The molecule has 1 aromatic heterocycles. The first kappa shape index (κ1) is 25.5. The van der Waals surface area contributed by atoms with E-state index >= 15 is 0 Å². The van der Waals surface area contributed by atoms with Crippen LogP contribution in [0.3, 0.4) is 0 Å². The topological polar surface area (TPSA) is 98.8 Å². The normalized spacial score (nSPS) is 27.1. The third kappa shape index (κ3) is 5.31. The summed E-state index contributed by atoms with van der Waals surface area (Å²) in [5.41, 5.74) is 2.12. The van der Waals surface area contributed by atoms with Gasteiger partial charge in [-0.25, -0.2) is 0 Å². The molecule has 0 atom stereocenters. The summed E-state index contributed by atoms with van der Waals surface area (Å²) in [5.74, 6) is 3.74. The van der Waals surface area contributed by atoms with Crippen LogP contribution in [0.2, 0.25) is 0 Å². The van der Waals surface area contributed by atoms with Gasteiger partial charge < -0.3 is 14.6 Å². The van der Waals surface area contributed by atoms with Crippen LogP contribution in [0.25, 0.3) is 0 Å². The summed E-state index contributed by atoms with van der Waals surface area (Å²) < 4.78 is 8.22. The summed E-state index contributed by atoms with van der Waals surface area (Å²) in [6.45, 7) is 0. The maximum atomic E-state index is 12.8. The number of carbonyl (C=O) groups excluding carboxylic acids is 1. The molecule has 5 fully saturated rings. The molecule has 0 aliphatic heterocycles. The van der Waals surface area contributed by atoms with Crippen LogP contribution in [-0.4, -0.2) is 20.9 Å². The Balaban J connectivity index is 0.980. The summed E-state index contributed by atoms with van der Waals surface area (Å²) >= 11 is 1.77. The molecular formula is C31H34N4O4S. The molecule has 3 aromatic rings. The molecule has 5 aliphatic rings. The third-order valence-corrected chi connectivity index (χ3v) is 9.98. The van der Waals surface area contributed by atoms with Gasteiger partial charge in [0.2, 0.25) is 5.91 Å². The smallest absolute Gasteiger partial charge is 0.269 e. The van der Waals surface area contributed by atoms with Crippen molar-refractivity contribution >= 4 is 28.6 Å². The van der Waals surface area contributed by atoms with Crippen LogP contribution in [0.5, 0.6) is 11.5 Å². The Morgan fingerprint density at radius 1 is 1.00 bits per heavy atom. The van der Waals surface area contributed by atoms with Gasteiger partial charge in [0.15, 0.2) is 4.80 Å². The zero-order chi connectivity index (χ0) is 27.3. The number of aromatic nitrogens is 1. The zero-order valence-corrected chi connectivity index (χ0v) is 23.3. The van der Waals surface area contributed by atoms with Crippen LogP contribution >= 0.6 is 11.3 Å². The quantitative estimate of drug-likeness (QED) is 0.225. The predicted molar refractivity (Wildman–Crippen MR) is 154 cm³/mol. The first-order valence-electron chi connectivity index (χ1n) is 14.5. The third-order valence-electron chi connectivity index (χ3n) is 9.10. The molecule has 0 spiro atoms. The highest BCUT2D eigenvalue weighted by Gasteiger charge is 2.51. The average Bonchev–Trinajstić information content (AvgIpc) is 3.68. The fraction of sp³-hybridized carbons (Fsp3) is 0.484. The van der Waals surface area contributed by atoms with Gasteiger partial charge in [0.1, 0.15) is 11.5 Å². The highest BCUT2D eigenvalue weighted by molar-refractivity contribution is 7.07. The van der Waals surface area contributed by atoms with Gasteiger partial charge in [-0.2, -0.15) is 0 Å². The molecule has 0 radical (unpaired) electrons. The van der Waals surface area contributed by atoms with E-state index in [1.54, 1.807) is 47.7 Å². The van der Waals surface area contributed by atoms with Gasteiger partial charge in [0, 0.05) is 41.4 Å². The van der Waals surface area contributed by atoms with E-state index < -0.39 is 4.92 Å². The number of rotatable bonds is 9. The molecule has 9 heteroatoms. The van der Waals surface area contributed by atoms with E-state index in [0.717, 1.165) is 17.8 Å². The van der Waals surface area contributed by atoms with Crippen LogP contribution in [0.4, 0.5) is 11.4 Å². The van der Waals surface area contributed by atoms with E-state index in [-0.39, 0.29) is 17.1 Å². The number of nitrogens with one attached hydrogen (secondary N) is 1. The second-order valence-electron chi connectivity index (χ2n) is 12.3. The van der Waals surface area contributed by atoms with Crippen LogP contribution in [0, 0.1) is 27.9 Å². The van der Waals surface area contributed by atoms with Gasteiger partial charge in [0.25, 0.3) is 5.69 Å². The van der Waals surface area contributed by atoms with E-state index in [4.69, 9.17) is 9.73 Å². The first-order chi connectivity index (χ1) is 19.4. The SMILES string of the molecule is O=C(CCc1csc(=NC23CC4CC(CC(C4)C2)C3)n1C1CC1)Nc1ccc(Oc2ccc([N+](=O)[O-])cc2)cc1. The van der Waals surface area contributed by atoms with Crippen molar-refractivity contribution in [3.8, 4) is 11.5 Å². The molecule has 2 aromatic carbocycles. The van der Waals surface area contributed by atoms with E-state index in [2.05, 4.69) is 15.3 Å². The van der Waals surface area contributed by atoms with Crippen molar-refractivity contribution in [2.45, 2.75) is 75.8 Å². The fourth-order valence-corrected chi connectivity index (χ4v) is 8.69. The van der Waals surface area contributed by atoms with Crippen molar-refractivity contribution < 1.29 is 14.5 Å². The van der Waals surface area contributed by atoms with E-state index in [1.165, 1.54) is 74.0 Å². The van der Waals surface area contributed by atoms with Crippen LogP contribution in [-0.2, 0) is 11.2 Å². The number of non-ortho nitro benzene ring substituents is 1. The minimum atomic E-state index is -0.442. The lowest BCUT2D eigenvalue weighted by Gasteiger charge is -2.54. The molecule has 0 saturated heterocycles. The Kier molecular flexibility index (Phi) is 6.49. The lowest BCUT2D eigenvalue weighted by molar-refractivity contribution is -0.384. The highest BCUT2D eigenvalue weighted by Crippen LogP contribution is 2.57. The summed E-state index contributed by atoms with van der Waals surface area (Å²) in [5, 5.41) is 16.0. The number of thiazole rings is 1. The van der Waals surface area contributed by atoms with E-state index in [1.807, 2.05) is 0 Å². The molecule has 1 N–H and O–H groups in total. The van der Waals surface area contributed by atoms with E-state index in [0.29, 0.717) is 36.1 Å². The summed E-state index contributed by atoms with van der Waals surface area (Å²) in [7, 11) is 0.